The molecule has 7 heavy (non-hydrogen) atoms. The summed E-state index contributed by atoms with van der Waals surface area (Å²) in [5.74, 6) is 4.03. The Bertz CT molecular complexity index is 126. The minimum Gasteiger partial charge on any atom is -0.288 e. The molecule has 0 heterocycles. The minimum atomic E-state index is -3.02. The first-order valence-corrected chi connectivity index (χ1v) is 3.62. The molecule has 0 aliphatic heterocycles. The summed E-state index contributed by atoms with van der Waals surface area (Å²) < 4.78 is 20.1. The highest BCUT2D eigenvalue weighted by atomic mass is 32.2. The second-order valence-corrected chi connectivity index (χ2v) is 3.30. The van der Waals surface area contributed by atoms with Gasteiger partial charge in [-0.2, -0.15) is 0 Å². The van der Waals surface area contributed by atoms with Gasteiger partial charge < -0.3 is 0 Å². The molecular weight excluding hydrogens is 118 g/mol. The van der Waals surface area contributed by atoms with Gasteiger partial charge in [-0.25, -0.2) is 14.3 Å². The van der Waals surface area contributed by atoms with Crippen molar-refractivity contribution in [2.75, 3.05) is 12.2 Å². The molecule has 0 rings (SSSR count). The average molecular weight is 125 g/mol. The topological polar surface area (TPSA) is 69.4 Å². The van der Waals surface area contributed by atoms with Crippen molar-refractivity contribution < 1.29 is 13.3 Å². The van der Waals surface area contributed by atoms with Crippen molar-refractivity contribution >= 4 is 9.84 Å². The number of sulfone groups is 1. The van der Waals surface area contributed by atoms with Crippen LogP contribution in [0.2, 0.25) is 0 Å². The highest BCUT2D eigenvalue weighted by molar-refractivity contribution is 7.90. The van der Waals surface area contributed by atoms with E-state index in [1.54, 1.807) is 0 Å². The van der Waals surface area contributed by atoms with Crippen molar-refractivity contribution in [2.45, 2.75) is 0 Å². The quantitative estimate of drug-likeness (QED) is 0.474. The van der Waals surface area contributed by atoms with Crippen LogP contribution in [0.5, 0.6) is 0 Å². The Morgan fingerprint density at radius 2 is 2.14 bits per heavy atom. The third kappa shape index (κ3) is 5.87. The Morgan fingerprint density at radius 3 is 2.14 bits per heavy atom. The lowest BCUT2D eigenvalue weighted by atomic mass is 11.7. The molecule has 0 saturated heterocycles. The van der Waals surface area contributed by atoms with Crippen LogP contribution in [-0.4, -0.2) is 20.6 Å². The van der Waals surface area contributed by atoms with Gasteiger partial charge in [0.05, 0.1) is 0 Å². The van der Waals surface area contributed by atoms with Crippen molar-refractivity contribution in [3.05, 3.63) is 0 Å². The molecule has 0 atom stereocenters. The van der Waals surface area contributed by atoms with Gasteiger partial charge in [-0.15, -0.1) is 0 Å². The summed E-state index contributed by atoms with van der Waals surface area (Å²) in [6.07, 6.45) is 1.04. The maximum atomic E-state index is 10.0. The molecule has 0 bridgehead atoms. The normalized spacial score (nSPS) is 11.7. The van der Waals surface area contributed by atoms with E-state index in [0.29, 0.717) is 0 Å². The summed E-state index contributed by atoms with van der Waals surface area (Å²) >= 11 is 0. The second kappa shape index (κ2) is 2.25. The van der Waals surface area contributed by atoms with E-state index in [2.05, 4.69) is 10.7 Å². The molecule has 0 radical (unpaired) electrons. The van der Waals surface area contributed by atoms with Gasteiger partial charge in [-0.05, 0) is 0 Å². The molecule has 0 aromatic rings. The predicted molar refractivity (Wildman–Crippen MR) is 25.0 cm³/mol. The fraction of sp³-hybridized carbons (Fsp3) is 1.00. The maximum Gasteiger partial charge on any atom is 0.173 e. The number of nitrogens with two attached hydrogens (primary N) is 1. The van der Waals surface area contributed by atoms with E-state index in [0.717, 1.165) is 6.26 Å². The molecule has 0 saturated carbocycles. The predicted octanol–water partition coefficient (Wildman–Crippen LogP) is -1.12. The fourth-order valence-electron chi connectivity index (χ4n) is 0.124. The molecular formula is C2H7NO3S. The van der Waals surface area contributed by atoms with Crippen LogP contribution in [0.3, 0.4) is 0 Å². The maximum absolute atomic E-state index is 10.0. The Labute approximate surface area is 42.1 Å². The minimum absolute atomic E-state index is 0.410. The van der Waals surface area contributed by atoms with Crippen LogP contribution in [0.25, 0.3) is 0 Å². The molecule has 0 fully saturated rings. The first-order valence-electron chi connectivity index (χ1n) is 1.55. The van der Waals surface area contributed by atoms with Crippen molar-refractivity contribution in [2.24, 2.45) is 5.90 Å². The summed E-state index contributed by atoms with van der Waals surface area (Å²) in [6.45, 7) is 0. The van der Waals surface area contributed by atoms with Gasteiger partial charge in [0.15, 0.2) is 15.8 Å². The highest BCUT2D eigenvalue weighted by Gasteiger charge is 1.96. The van der Waals surface area contributed by atoms with Gasteiger partial charge in [0.2, 0.25) is 0 Å². The van der Waals surface area contributed by atoms with Crippen molar-refractivity contribution in [3.8, 4) is 0 Å². The highest BCUT2D eigenvalue weighted by Crippen LogP contribution is 1.76. The lowest BCUT2D eigenvalue weighted by molar-refractivity contribution is 0.183. The summed E-state index contributed by atoms with van der Waals surface area (Å²) in [4.78, 5) is 3.82. The van der Waals surface area contributed by atoms with Crippen LogP contribution in [0.4, 0.5) is 0 Å². The third-order valence-electron chi connectivity index (χ3n) is 0.282. The van der Waals surface area contributed by atoms with Gasteiger partial charge in [0, 0.05) is 6.26 Å². The molecule has 2 N–H and O–H groups in total. The van der Waals surface area contributed by atoms with Gasteiger partial charge in [0.1, 0.15) is 0 Å². The van der Waals surface area contributed by atoms with Gasteiger partial charge in [-0.3, -0.25) is 4.84 Å². The Kier molecular flexibility index (Phi) is 2.21. The summed E-state index contributed by atoms with van der Waals surface area (Å²) in [7, 11) is -3.02. The largest absolute Gasteiger partial charge is 0.288 e. The number of hydrogen-bond donors (Lipinski definition) is 1. The first kappa shape index (κ1) is 6.87. The zero-order chi connectivity index (χ0) is 5.91. The molecule has 0 spiro atoms. The molecule has 0 aromatic carbocycles. The van der Waals surface area contributed by atoms with Crippen molar-refractivity contribution in [1.82, 2.24) is 0 Å². The summed E-state index contributed by atoms with van der Waals surface area (Å²) in [6, 6.07) is 0. The third-order valence-corrected chi connectivity index (χ3v) is 0.846. The Hall–Kier alpha value is -0.130. The van der Waals surface area contributed by atoms with E-state index < -0.39 is 15.8 Å². The first-order chi connectivity index (χ1) is 3.06. The Morgan fingerprint density at radius 1 is 1.71 bits per heavy atom. The van der Waals surface area contributed by atoms with E-state index in [1.807, 2.05) is 0 Å². The number of rotatable bonds is 2. The fourth-order valence-corrected chi connectivity index (χ4v) is 0.371. The van der Waals surface area contributed by atoms with Gasteiger partial charge in [-0.1, -0.05) is 0 Å². The molecule has 4 nitrogen and oxygen atoms in total. The van der Waals surface area contributed by atoms with Crippen LogP contribution in [0, 0.1) is 0 Å². The summed E-state index contributed by atoms with van der Waals surface area (Å²) in [5.41, 5.74) is 0. The van der Waals surface area contributed by atoms with Crippen molar-refractivity contribution in [3.63, 3.8) is 0 Å². The molecule has 0 aliphatic rings. The zero-order valence-electron chi connectivity index (χ0n) is 3.92. The van der Waals surface area contributed by atoms with E-state index in [4.69, 9.17) is 0 Å². The van der Waals surface area contributed by atoms with E-state index in [9.17, 15) is 8.42 Å². The molecule has 5 heteroatoms. The standard InChI is InChI=1S/C2H7NO3S/c1-7(4,5)2-6-3/h2-3H2,1H3. The monoisotopic (exact) mass is 125 g/mol. The average Bonchev–Trinajstić information content (AvgIpc) is 1.30. The van der Waals surface area contributed by atoms with Gasteiger partial charge >= 0.3 is 0 Å². The van der Waals surface area contributed by atoms with Crippen LogP contribution >= 0.6 is 0 Å². The van der Waals surface area contributed by atoms with Crippen LogP contribution in [0.1, 0.15) is 0 Å². The lowest BCUT2D eigenvalue weighted by Crippen LogP contribution is -2.10. The van der Waals surface area contributed by atoms with Gasteiger partial charge in [0.25, 0.3) is 0 Å². The molecule has 0 aromatic heterocycles. The smallest absolute Gasteiger partial charge is 0.173 e. The van der Waals surface area contributed by atoms with Crippen molar-refractivity contribution in [1.29, 1.82) is 0 Å². The number of hydrogen-bond acceptors (Lipinski definition) is 4. The van der Waals surface area contributed by atoms with Crippen LogP contribution in [0.15, 0.2) is 0 Å². The zero-order valence-corrected chi connectivity index (χ0v) is 4.73. The van der Waals surface area contributed by atoms with E-state index >= 15 is 0 Å². The van der Waals surface area contributed by atoms with Crippen LogP contribution in [-0.2, 0) is 14.7 Å². The van der Waals surface area contributed by atoms with E-state index in [1.165, 1.54) is 0 Å². The molecule has 0 aliphatic carbocycles. The SMILES string of the molecule is CS(=O)(=O)CON. The second-order valence-electron chi connectivity index (χ2n) is 1.21. The van der Waals surface area contributed by atoms with E-state index in [-0.39, 0.29) is 0 Å². The Balaban J connectivity index is 3.60. The lowest BCUT2D eigenvalue weighted by Gasteiger charge is -1.89. The molecule has 0 unspecified atom stereocenters. The molecule has 44 valence electrons. The summed E-state index contributed by atoms with van der Waals surface area (Å²) in [5, 5.41) is 0. The molecule has 0 amide bonds. The van der Waals surface area contributed by atoms with Crippen LogP contribution < -0.4 is 5.90 Å².